The summed E-state index contributed by atoms with van der Waals surface area (Å²) in [6, 6.07) is 20.2. The second kappa shape index (κ2) is 10.3. The van der Waals surface area contributed by atoms with Gasteiger partial charge in [-0.05, 0) is 79.4 Å². The molecule has 0 aromatic heterocycles. The third-order valence-electron chi connectivity index (χ3n) is 5.67. The molecule has 1 aliphatic rings. The second-order valence-electron chi connectivity index (χ2n) is 8.05. The number of halogens is 1. The van der Waals surface area contributed by atoms with Gasteiger partial charge in [0.2, 0.25) is 0 Å². The molecule has 2 amide bonds. The molecule has 0 radical (unpaired) electrons. The molecule has 0 spiro atoms. The van der Waals surface area contributed by atoms with Crippen LogP contribution in [0.25, 0.3) is 5.57 Å². The standard InChI is InChI=1S/C28H27FN2O3/c1-3-5-6-19-7-15-23(16-8-19)31-27(32)25(20-9-11-21(29)12-10-20)26(28(31)33)30-22-13-17-24(18-14-22)34-4-2/h7-18,30H,3-6H2,1-2H3. The Labute approximate surface area is 198 Å². The molecule has 0 fully saturated rings. The fourth-order valence-electron chi connectivity index (χ4n) is 3.90. The number of nitrogens with one attached hydrogen (secondary N) is 1. The highest BCUT2D eigenvalue weighted by molar-refractivity contribution is 6.46. The van der Waals surface area contributed by atoms with E-state index in [1.165, 1.54) is 29.2 Å². The first-order valence-electron chi connectivity index (χ1n) is 11.5. The molecule has 1 aliphatic heterocycles. The van der Waals surface area contributed by atoms with Crippen LogP contribution < -0.4 is 15.0 Å². The zero-order valence-corrected chi connectivity index (χ0v) is 19.3. The van der Waals surface area contributed by atoms with Gasteiger partial charge >= 0.3 is 0 Å². The zero-order chi connectivity index (χ0) is 24.1. The van der Waals surface area contributed by atoms with Crippen molar-refractivity contribution in [3.8, 4) is 5.75 Å². The molecular weight excluding hydrogens is 431 g/mol. The maximum absolute atomic E-state index is 13.6. The van der Waals surface area contributed by atoms with Gasteiger partial charge in [0.15, 0.2) is 0 Å². The molecule has 0 atom stereocenters. The predicted octanol–water partition coefficient (Wildman–Crippen LogP) is 5.96. The smallest absolute Gasteiger partial charge is 0.282 e. The third kappa shape index (κ3) is 4.86. The molecule has 34 heavy (non-hydrogen) atoms. The van der Waals surface area contributed by atoms with Crippen LogP contribution in [0.3, 0.4) is 0 Å². The number of nitrogens with zero attached hydrogens (tertiary/aromatic N) is 1. The zero-order valence-electron chi connectivity index (χ0n) is 19.3. The van der Waals surface area contributed by atoms with Crippen molar-refractivity contribution in [3.05, 3.63) is 95.4 Å². The van der Waals surface area contributed by atoms with Crippen molar-refractivity contribution >= 4 is 28.8 Å². The Hall–Kier alpha value is -3.93. The Balaban J connectivity index is 1.69. The van der Waals surface area contributed by atoms with Gasteiger partial charge in [-0.25, -0.2) is 9.29 Å². The topological polar surface area (TPSA) is 58.6 Å². The van der Waals surface area contributed by atoms with Gasteiger partial charge in [0.25, 0.3) is 11.8 Å². The molecule has 0 unspecified atom stereocenters. The lowest BCUT2D eigenvalue weighted by molar-refractivity contribution is -0.120. The molecule has 0 saturated heterocycles. The van der Waals surface area contributed by atoms with Gasteiger partial charge in [-0.3, -0.25) is 9.59 Å². The highest BCUT2D eigenvalue weighted by Gasteiger charge is 2.40. The summed E-state index contributed by atoms with van der Waals surface area (Å²) in [5.74, 6) is -0.619. The largest absolute Gasteiger partial charge is 0.494 e. The molecule has 4 rings (SSSR count). The molecule has 0 saturated carbocycles. The maximum atomic E-state index is 13.6. The number of ether oxygens (including phenoxy) is 1. The fourth-order valence-corrected chi connectivity index (χ4v) is 3.90. The number of carbonyl (C=O) groups is 2. The summed E-state index contributed by atoms with van der Waals surface area (Å²) in [6.45, 7) is 4.59. The number of hydrogen-bond acceptors (Lipinski definition) is 4. The number of amides is 2. The summed E-state index contributed by atoms with van der Waals surface area (Å²) in [5.41, 5.74) is 3.11. The van der Waals surface area contributed by atoms with Crippen LogP contribution in [0.4, 0.5) is 15.8 Å². The van der Waals surface area contributed by atoms with E-state index in [2.05, 4.69) is 12.2 Å². The van der Waals surface area contributed by atoms with E-state index in [1.54, 1.807) is 36.4 Å². The van der Waals surface area contributed by atoms with Crippen molar-refractivity contribution in [2.24, 2.45) is 0 Å². The van der Waals surface area contributed by atoms with E-state index in [0.29, 0.717) is 29.3 Å². The predicted molar refractivity (Wildman–Crippen MR) is 132 cm³/mol. The first-order chi connectivity index (χ1) is 16.5. The summed E-state index contributed by atoms with van der Waals surface area (Å²) in [7, 11) is 0. The Morgan fingerprint density at radius 3 is 2.15 bits per heavy atom. The van der Waals surface area contributed by atoms with Crippen LogP contribution in [0.2, 0.25) is 0 Å². The molecule has 0 bridgehead atoms. The number of hydrogen-bond donors (Lipinski definition) is 1. The molecule has 0 aliphatic carbocycles. The van der Waals surface area contributed by atoms with Crippen molar-refractivity contribution in [2.45, 2.75) is 33.1 Å². The van der Waals surface area contributed by atoms with Gasteiger partial charge in [-0.15, -0.1) is 0 Å². The van der Waals surface area contributed by atoms with Crippen LogP contribution in [-0.4, -0.2) is 18.4 Å². The molecule has 6 heteroatoms. The Kier molecular flexibility index (Phi) is 7.07. The number of imide groups is 1. The lowest BCUT2D eigenvalue weighted by Gasteiger charge is -2.16. The van der Waals surface area contributed by atoms with Crippen LogP contribution in [0, 0.1) is 5.82 Å². The normalized spacial score (nSPS) is 13.6. The summed E-state index contributed by atoms with van der Waals surface area (Å²) >= 11 is 0. The van der Waals surface area contributed by atoms with Crippen molar-refractivity contribution in [1.82, 2.24) is 0 Å². The number of benzene rings is 3. The lowest BCUT2D eigenvalue weighted by atomic mass is 10.0. The SMILES string of the molecule is CCCCc1ccc(N2C(=O)C(Nc3ccc(OCC)cc3)=C(c3ccc(F)cc3)C2=O)cc1. The van der Waals surface area contributed by atoms with Crippen LogP contribution in [-0.2, 0) is 16.0 Å². The van der Waals surface area contributed by atoms with Gasteiger partial charge in [0.1, 0.15) is 17.3 Å². The number of carbonyl (C=O) groups excluding carboxylic acids is 2. The maximum Gasteiger partial charge on any atom is 0.282 e. The minimum absolute atomic E-state index is 0.149. The molecule has 5 nitrogen and oxygen atoms in total. The number of anilines is 2. The van der Waals surface area contributed by atoms with E-state index in [9.17, 15) is 14.0 Å². The quantitative estimate of drug-likeness (QED) is 0.402. The summed E-state index contributed by atoms with van der Waals surface area (Å²) in [6.07, 6.45) is 3.12. The van der Waals surface area contributed by atoms with Crippen LogP contribution in [0.1, 0.15) is 37.8 Å². The van der Waals surface area contributed by atoms with Gasteiger partial charge < -0.3 is 10.1 Å². The van der Waals surface area contributed by atoms with Crippen LogP contribution in [0.5, 0.6) is 5.75 Å². The molecular formula is C28H27FN2O3. The third-order valence-corrected chi connectivity index (χ3v) is 5.67. The van der Waals surface area contributed by atoms with Crippen LogP contribution >= 0.6 is 0 Å². The first kappa shape index (κ1) is 23.2. The molecule has 3 aromatic rings. The monoisotopic (exact) mass is 458 g/mol. The summed E-state index contributed by atoms with van der Waals surface area (Å²) in [5, 5.41) is 3.11. The minimum atomic E-state index is -0.459. The summed E-state index contributed by atoms with van der Waals surface area (Å²) < 4.78 is 19.0. The molecule has 1 N–H and O–H groups in total. The van der Waals surface area contributed by atoms with Crippen molar-refractivity contribution in [1.29, 1.82) is 0 Å². The van der Waals surface area contributed by atoms with E-state index in [-0.39, 0.29) is 11.3 Å². The summed E-state index contributed by atoms with van der Waals surface area (Å²) in [4.78, 5) is 28.1. The number of unbranched alkanes of at least 4 members (excludes halogenated alkanes) is 1. The van der Waals surface area contributed by atoms with Crippen molar-refractivity contribution in [2.75, 3.05) is 16.8 Å². The molecule has 3 aromatic carbocycles. The highest BCUT2D eigenvalue weighted by atomic mass is 19.1. The Bertz CT molecular complexity index is 1200. The Morgan fingerprint density at radius 1 is 0.853 bits per heavy atom. The second-order valence-corrected chi connectivity index (χ2v) is 8.05. The fraction of sp³-hybridized carbons (Fsp3) is 0.214. The van der Waals surface area contributed by atoms with Crippen LogP contribution in [0.15, 0.2) is 78.5 Å². The number of aryl methyl sites for hydroxylation is 1. The van der Waals surface area contributed by atoms with Gasteiger partial charge in [-0.1, -0.05) is 37.6 Å². The average molecular weight is 459 g/mol. The van der Waals surface area contributed by atoms with Crippen molar-refractivity contribution in [3.63, 3.8) is 0 Å². The van der Waals surface area contributed by atoms with E-state index in [0.717, 1.165) is 24.8 Å². The van der Waals surface area contributed by atoms with E-state index >= 15 is 0 Å². The van der Waals surface area contributed by atoms with E-state index in [1.807, 2.05) is 19.1 Å². The van der Waals surface area contributed by atoms with Gasteiger partial charge in [-0.2, -0.15) is 0 Å². The molecule has 1 heterocycles. The van der Waals surface area contributed by atoms with Crippen molar-refractivity contribution < 1.29 is 18.7 Å². The lowest BCUT2D eigenvalue weighted by Crippen LogP contribution is -2.32. The first-order valence-corrected chi connectivity index (χ1v) is 11.5. The molecule has 174 valence electrons. The average Bonchev–Trinajstić information content (AvgIpc) is 3.09. The minimum Gasteiger partial charge on any atom is -0.494 e. The highest BCUT2D eigenvalue weighted by Crippen LogP contribution is 2.34. The number of rotatable bonds is 9. The van der Waals surface area contributed by atoms with Gasteiger partial charge in [0, 0.05) is 5.69 Å². The van der Waals surface area contributed by atoms with Gasteiger partial charge in [0.05, 0.1) is 17.9 Å². The van der Waals surface area contributed by atoms with E-state index < -0.39 is 17.6 Å². The van der Waals surface area contributed by atoms with E-state index in [4.69, 9.17) is 4.74 Å². The Morgan fingerprint density at radius 2 is 1.53 bits per heavy atom.